The number of carbonyl (C=O) groups is 4. The highest BCUT2D eigenvalue weighted by atomic mass is 16.6. The number of aliphatic hydroxyl groups is 1. The standard InChI is InChI=1S/C32H47N3O8/c1-19(36)43-25-16-32(40)24-5-4-21-15-22(34-29(39)41-13-12-35-11-10-33-26(37)17-35)6-8-30(21,2)23(24)7-9-31(32,3)28(25)20-14-27(38)42-18-20/h14,21-25,28,40H,4-13,15-18H2,1-3H3,(H,33,37)(H,34,39)/t21-,22+,23+,24-,25+,28+,30+,31-,32+/m1/s1. The number of fused-ring (bicyclic) bond motifs is 5. The first kappa shape index (κ1) is 30.4. The molecule has 6 rings (SSSR count). The summed E-state index contributed by atoms with van der Waals surface area (Å²) in [5, 5.41) is 18.6. The van der Waals surface area contributed by atoms with Crippen molar-refractivity contribution in [2.75, 3.05) is 39.4 Å². The molecule has 4 aliphatic carbocycles. The van der Waals surface area contributed by atoms with Gasteiger partial charge in [0.1, 0.15) is 19.3 Å². The summed E-state index contributed by atoms with van der Waals surface area (Å²) >= 11 is 0. The molecule has 0 aromatic heterocycles. The number of piperazine rings is 1. The molecule has 11 heteroatoms. The Morgan fingerprint density at radius 1 is 1.16 bits per heavy atom. The molecule has 2 aliphatic heterocycles. The lowest BCUT2D eigenvalue weighted by Gasteiger charge is -2.63. The number of ether oxygens (including phenoxy) is 3. The number of nitrogens with one attached hydrogen (secondary N) is 2. The zero-order valence-electron chi connectivity index (χ0n) is 25.7. The van der Waals surface area contributed by atoms with Crippen molar-refractivity contribution in [1.29, 1.82) is 0 Å². The Kier molecular flexibility index (Phi) is 8.03. The molecule has 3 N–H and O–H groups in total. The minimum absolute atomic E-state index is 0.000329. The van der Waals surface area contributed by atoms with Gasteiger partial charge in [0.15, 0.2) is 0 Å². The number of amides is 2. The second-order valence-electron chi connectivity index (χ2n) is 14.4. The van der Waals surface area contributed by atoms with Crippen LogP contribution in [0.1, 0.15) is 72.1 Å². The van der Waals surface area contributed by atoms with Gasteiger partial charge in [0, 0.05) is 56.4 Å². The van der Waals surface area contributed by atoms with Gasteiger partial charge >= 0.3 is 18.0 Å². The molecular weight excluding hydrogens is 554 g/mol. The average Bonchev–Trinajstić information content (AvgIpc) is 3.45. The van der Waals surface area contributed by atoms with Gasteiger partial charge in [0.05, 0.1) is 12.1 Å². The van der Waals surface area contributed by atoms with E-state index in [4.69, 9.17) is 14.2 Å². The number of alkyl carbamates (subject to hydrolysis) is 1. The minimum Gasteiger partial charge on any atom is -0.462 e. The Bertz CT molecular complexity index is 1190. The van der Waals surface area contributed by atoms with E-state index >= 15 is 0 Å². The van der Waals surface area contributed by atoms with Crippen LogP contribution in [0.3, 0.4) is 0 Å². The summed E-state index contributed by atoms with van der Waals surface area (Å²) in [7, 11) is 0. The lowest BCUT2D eigenvalue weighted by Crippen LogP contribution is -2.62. The monoisotopic (exact) mass is 601 g/mol. The summed E-state index contributed by atoms with van der Waals surface area (Å²) in [6.45, 7) is 8.60. The fourth-order valence-corrected chi connectivity index (χ4v) is 10.3. The van der Waals surface area contributed by atoms with Crippen molar-refractivity contribution in [3.05, 3.63) is 11.6 Å². The normalized spacial score (nSPS) is 42.5. The van der Waals surface area contributed by atoms with Crippen LogP contribution >= 0.6 is 0 Å². The highest BCUT2D eigenvalue weighted by Crippen LogP contribution is 2.70. The number of carbonyl (C=O) groups excluding carboxylic acids is 4. The van der Waals surface area contributed by atoms with E-state index in [1.165, 1.54) is 13.0 Å². The number of esters is 2. The fourth-order valence-electron chi connectivity index (χ4n) is 10.3. The Labute approximate surface area is 253 Å². The van der Waals surface area contributed by atoms with Crippen LogP contribution in [0, 0.1) is 34.5 Å². The van der Waals surface area contributed by atoms with Gasteiger partial charge in [-0.1, -0.05) is 13.8 Å². The molecule has 9 atom stereocenters. The van der Waals surface area contributed by atoms with E-state index in [1.807, 2.05) is 4.90 Å². The Balaban J connectivity index is 1.10. The maximum atomic E-state index is 12.7. The summed E-state index contributed by atoms with van der Waals surface area (Å²) in [5.74, 6) is -0.175. The molecule has 43 heavy (non-hydrogen) atoms. The molecule has 1 saturated heterocycles. The first-order chi connectivity index (χ1) is 20.4. The van der Waals surface area contributed by atoms with E-state index in [-0.39, 0.29) is 54.4 Å². The second-order valence-corrected chi connectivity index (χ2v) is 14.4. The van der Waals surface area contributed by atoms with Crippen molar-refractivity contribution >= 4 is 23.9 Å². The summed E-state index contributed by atoms with van der Waals surface area (Å²) in [4.78, 5) is 50.3. The third-order valence-corrected chi connectivity index (χ3v) is 12.3. The fraction of sp³-hybridized carbons (Fsp3) is 0.812. The smallest absolute Gasteiger partial charge is 0.407 e. The van der Waals surface area contributed by atoms with Crippen LogP contribution in [0.4, 0.5) is 4.79 Å². The van der Waals surface area contributed by atoms with Gasteiger partial charge in [-0.3, -0.25) is 14.5 Å². The zero-order chi connectivity index (χ0) is 30.6. The zero-order valence-corrected chi connectivity index (χ0v) is 25.7. The first-order valence-corrected chi connectivity index (χ1v) is 16.1. The molecule has 2 heterocycles. The quantitative estimate of drug-likeness (QED) is 0.309. The van der Waals surface area contributed by atoms with Crippen molar-refractivity contribution in [2.24, 2.45) is 34.5 Å². The number of hydrogen-bond donors (Lipinski definition) is 3. The summed E-state index contributed by atoms with van der Waals surface area (Å²) in [6, 6.07) is 0.0517. The van der Waals surface area contributed by atoms with Gasteiger partial charge < -0.3 is 30.0 Å². The van der Waals surface area contributed by atoms with Gasteiger partial charge in [-0.15, -0.1) is 0 Å². The molecule has 0 aromatic rings. The molecule has 0 aromatic carbocycles. The topological polar surface area (TPSA) is 143 Å². The van der Waals surface area contributed by atoms with Gasteiger partial charge in [0.25, 0.3) is 0 Å². The average molecular weight is 602 g/mol. The highest BCUT2D eigenvalue weighted by Gasteiger charge is 2.71. The van der Waals surface area contributed by atoms with Gasteiger partial charge in [-0.05, 0) is 73.7 Å². The predicted octanol–water partition coefficient (Wildman–Crippen LogP) is 2.31. The van der Waals surface area contributed by atoms with Crippen molar-refractivity contribution < 1.29 is 38.5 Å². The van der Waals surface area contributed by atoms with Crippen molar-refractivity contribution in [3.8, 4) is 0 Å². The molecular formula is C32H47N3O8. The van der Waals surface area contributed by atoms with E-state index < -0.39 is 23.2 Å². The number of cyclic esters (lactones) is 1. The molecule has 0 radical (unpaired) electrons. The summed E-state index contributed by atoms with van der Waals surface area (Å²) in [5.41, 5.74) is -0.683. The molecule has 0 unspecified atom stereocenters. The highest BCUT2D eigenvalue weighted by molar-refractivity contribution is 5.85. The molecule has 0 bridgehead atoms. The van der Waals surface area contributed by atoms with E-state index in [2.05, 4.69) is 24.5 Å². The van der Waals surface area contributed by atoms with Crippen LogP contribution in [0.5, 0.6) is 0 Å². The van der Waals surface area contributed by atoms with Crippen LogP contribution in [0.2, 0.25) is 0 Å². The van der Waals surface area contributed by atoms with E-state index in [0.717, 1.165) is 57.1 Å². The Morgan fingerprint density at radius 2 is 1.98 bits per heavy atom. The molecule has 4 saturated carbocycles. The maximum absolute atomic E-state index is 12.7. The lowest BCUT2D eigenvalue weighted by atomic mass is 9.43. The minimum atomic E-state index is -1.02. The van der Waals surface area contributed by atoms with Crippen LogP contribution in [-0.4, -0.2) is 91.1 Å². The lowest BCUT2D eigenvalue weighted by molar-refractivity contribution is -0.204. The third-order valence-electron chi connectivity index (χ3n) is 12.3. The summed E-state index contributed by atoms with van der Waals surface area (Å²) in [6.07, 6.45) is 7.33. The Hall–Kier alpha value is -2.66. The maximum Gasteiger partial charge on any atom is 0.407 e. The molecule has 238 valence electrons. The van der Waals surface area contributed by atoms with Crippen molar-refractivity contribution in [1.82, 2.24) is 15.5 Å². The number of nitrogens with zero attached hydrogens (tertiary/aromatic N) is 1. The molecule has 6 aliphatic rings. The molecule has 2 amide bonds. The molecule has 0 spiro atoms. The second kappa shape index (κ2) is 11.4. The van der Waals surface area contributed by atoms with E-state index in [9.17, 15) is 24.3 Å². The predicted molar refractivity (Wildman–Crippen MR) is 154 cm³/mol. The van der Waals surface area contributed by atoms with Crippen molar-refractivity contribution in [2.45, 2.75) is 89.9 Å². The van der Waals surface area contributed by atoms with Crippen molar-refractivity contribution in [3.63, 3.8) is 0 Å². The van der Waals surface area contributed by atoms with E-state index in [0.29, 0.717) is 37.9 Å². The van der Waals surface area contributed by atoms with Crippen LogP contribution in [0.25, 0.3) is 0 Å². The molecule has 11 nitrogen and oxygen atoms in total. The SMILES string of the molecule is CC(=O)O[C@H]1C[C@]2(O)[C@@H]3CC[C@@H]4C[C@@H](NC(=O)OCCN5CCNC(=O)C5)CC[C@]4(C)[C@H]3CC[C@]2(C)[C@H]1C1=CC(=O)OC1. The first-order valence-electron chi connectivity index (χ1n) is 16.1. The third kappa shape index (κ3) is 5.34. The van der Waals surface area contributed by atoms with Gasteiger partial charge in [0.2, 0.25) is 5.91 Å². The summed E-state index contributed by atoms with van der Waals surface area (Å²) < 4.78 is 16.6. The Morgan fingerprint density at radius 3 is 2.70 bits per heavy atom. The van der Waals surface area contributed by atoms with Crippen LogP contribution in [-0.2, 0) is 28.6 Å². The van der Waals surface area contributed by atoms with Crippen LogP contribution in [0.15, 0.2) is 11.6 Å². The largest absolute Gasteiger partial charge is 0.462 e. The van der Waals surface area contributed by atoms with Gasteiger partial charge in [-0.25, -0.2) is 9.59 Å². The number of rotatable bonds is 6. The van der Waals surface area contributed by atoms with Crippen LogP contribution < -0.4 is 10.6 Å². The van der Waals surface area contributed by atoms with E-state index in [1.54, 1.807) is 0 Å². The van der Waals surface area contributed by atoms with Gasteiger partial charge in [-0.2, -0.15) is 0 Å². The number of hydrogen-bond acceptors (Lipinski definition) is 9. The molecule has 5 fully saturated rings.